The molecule has 5 nitrogen and oxygen atoms in total. The van der Waals surface area contributed by atoms with Gasteiger partial charge in [-0.15, -0.1) is 0 Å². The molecule has 0 aromatic rings. The molecule has 0 amide bonds. The number of rotatable bonds is 2. The first kappa shape index (κ1) is 12.5. The predicted molar refractivity (Wildman–Crippen MR) is 76.0 cm³/mol. The second-order valence-electron chi connectivity index (χ2n) is 8.85. The van der Waals surface area contributed by atoms with Crippen molar-refractivity contribution in [3.8, 4) is 0 Å². The third-order valence-electron chi connectivity index (χ3n) is 7.97. The van der Waals surface area contributed by atoms with Crippen molar-refractivity contribution in [3.05, 3.63) is 10.1 Å². The Morgan fingerprint density at radius 1 is 1.05 bits per heavy atom. The topological polar surface area (TPSA) is 77.3 Å². The molecule has 0 spiro atoms. The second-order valence-corrected chi connectivity index (χ2v) is 14.2. The Morgan fingerprint density at radius 3 is 2.19 bits per heavy atom. The molecule has 0 N–H and O–H groups in total. The number of carbonyl (C=O) groups is 2. The largest absolute Gasteiger partial charge is 0.299 e. The quantitative estimate of drug-likeness (QED) is 0.442. The maximum Gasteiger partial charge on any atom is 0.239 e. The third kappa shape index (κ3) is 0.792. The lowest BCUT2D eigenvalue weighted by atomic mass is 9.53. The lowest BCUT2D eigenvalue weighted by Crippen LogP contribution is -2.74. The molecular formula is C15H19NO4Si. The van der Waals surface area contributed by atoms with Crippen LogP contribution in [0, 0.1) is 45.6 Å². The van der Waals surface area contributed by atoms with E-state index in [9.17, 15) is 19.7 Å². The maximum atomic E-state index is 12.9. The van der Waals surface area contributed by atoms with Crippen LogP contribution >= 0.6 is 0 Å². The Labute approximate surface area is 123 Å². The summed E-state index contributed by atoms with van der Waals surface area (Å²) < 4.78 is 0. The number of carbonyl (C=O) groups excluding carboxylic acids is 2. The minimum Gasteiger partial charge on any atom is -0.299 e. The highest BCUT2D eigenvalue weighted by Gasteiger charge is 3.00. The van der Waals surface area contributed by atoms with Crippen LogP contribution in [0.4, 0.5) is 0 Å². The van der Waals surface area contributed by atoms with Gasteiger partial charge in [-0.05, 0) is 18.8 Å². The van der Waals surface area contributed by atoms with Crippen LogP contribution in [0.2, 0.25) is 24.7 Å². The van der Waals surface area contributed by atoms with Crippen LogP contribution in [-0.2, 0) is 9.59 Å². The predicted octanol–water partition coefficient (Wildman–Crippen LogP) is 1.76. The van der Waals surface area contributed by atoms with E-state index >= 15 is 0 Å². The molecule has 0 unspecified atom stereocenters. The molecule has 0 heterocycles. The van der Waals surface area contributed by atoms with Crippen LogP contribution in [0.3, 0.4) is 0 Å². The molecule has 0 aliphatic heterocycles. The minimum atomic E-state index is -1.97. The summed E-state index contributed by atoms with van der Waals surface area (Å²) in [6.07, 6.45) is 1.09. The highest BCUT2D eigenvalue weighted by atomic mass is 28.3. The summed E-state index contributed by atoms with van der Waals surface area (Å²) in [6.45, 7) is 6.53. The van der Waals surface area contributed by atoms with E-state index in [-0.39, 0.29) is 46.1 Å². The first-order valence-electron chi connectivity index (χ1n) is 7.94. The van der Waals surface area contributed by atoms with Gasteiger partial charge in [0.15, 0.2) is 0 Å². The minimum absolute atomic E-state index is 0.0463. The highest BCUT2D eigenvalue weighted by molar-refractivity contribution is 6.80. The van der Waals surface area contributed by atoms with Crippen LogP contribution in [0.15, 0.2) is 0 Å². The zero-order valence-corrected chi connectivity index (χ0v) is 13.5. The number of Topliss-reactive ketones (excluding diaryl/α,β-unsaturated/α-hetero) is 2. The van der Waals surface area contributed by atoms with Crippen molar-refractivity contribution in [2.75, 3.05) is 0 Å². The highest BCUT2D eigenvalue weighted by Crippen LogP contribution is 2.91. The number of hydrogen-bond acceptors (Lipinski definition) is 4. The molecule has 21 heavy (non-hydrogen) atoms. The Kier molecular flexibility index (Phi) is 1.72. The van der Waals surface area contributed by atoms with Gasteiger partial charge in [-0.2, -0.15) is 0 Å². The first-order valence-corrected chi connectivity index (χ1v) is 11.4. The van der Waals surface area contributed by atoms with Crippen molar-refractivity contribution in [2.24, 2.45) is 35.5 Å². The van der Waals surface area contributed by atoms with Crippen molar-refractivity contribution in [1.82, 2.24) is 0 Å². The molecule has 5 aliphatic carbocycles. The molecule has 5 rings (SSSR count). The zero-order chi connectivity index (χ0) is 15.1. The van der Waals surface area contributed by atoms with Crippen molar-refractivity contribution in [2.45, 2.75) is 43.1 Å². The molecule has 0 bridgehead atoms. The Bertz CT molecular complexity index is 655. The molecule has 5 saturated carbocycles. The lowest BCUT2D eigenvalue weighted by molar-refractivity contribution is -0.614. The Hall–Kier alpha value is -1.04. The zero-order valence-electron chi connectivity index (χ0n) is 12.5. The van der Waals surface area contributed by atoms with E-state index in [0.29, 0.717) is 12.8 Å². The van der Waals surface area contributed by atoms with Crippen LogP contribution in [0.5, 0.6) is 0 Å². The summed E-state index contributed by atoms with van der Waals surface area (Å²) in [7, 11) is -1.97. The smallest absolute Gasteiger partial charge is 0.239 e. The van der Waals surface area contributed by atoms with E-state index in [0.717, 1.165) is 0 Å². The second kappa shape index (κ2) is 2.89. The van der Waals surface area contributed by atoms with Gasteiger partial charge < -0.3 is 0 Å². The normalized spacial score (nSPS) is 58.8. The SMILES string of the molecule is C[Si](C)(C)[C@@]12[C@H]3[C@H]4[C@H]5C[C@@H]3C(=O)[C@H]1C[C@H](C5=O)[C@@]42[N+](=O)[O-]. The first-order chi connectivity index (χ1) is 9.72. The van der Waals surface area contributed by atoms with Gasteiger partial charge >= 0.3 is 0 Å². The Balaban J connectivity index is 1.90. The van der Waals surface area contributed by atoms with E-state index in [1.807, 2.05) is 0 Å². The van der Waals surface area contributed by atoms with Crippen LogP contribution in [-0.4, -0.2) is 30.1 Å². The standard InChI is InChI=1S/C15H19NO4Si/c1-21(2,3)15-9-5-8-12(17)6-4-7(13(9)18)11(15)10(6)14(8,15)16(19)20/h6-11H,4-5H2,1-3H3/t6-,7+,8-,9-,10-,11-,14-,15-/m1/s1. The summed E-state index contributed by atoms with van der Waals surface area (Å²) in [4.78, 5) is 37.7. The molecule has 5 fully saturated rings. The summed E-state index contributed by atoms with van der Waals surface area (Å²) in [5.74, 6) is -0.489. The van der Waals surface area contributed by atoms with E-state index in [1.165, 1.54) is 0 Å². The summed E-state index contributed by atoms with van der Waals surface area (Å²) in [5.41, 5.74) is -1.07. The average molecular weight is 305 g/mol. The van der Waals surface area contributed by atoms with Gasteiger partial charge in [0.05, 0.1) is 14.0 Å². The van der Waals surface area contributed by atoms with Crippen molar-refractivity contribution < 1.29 is 14.5 Å². The van der Waals surface area contributed by atoms with Crippen LogP contribution in [0.25, 0.3) is 0 Å². The molecule has 0 aromatic heterocycles. The average Bonchev–Trinajstić information content (AvgIpc) is 2.92. The molecule has 5 aliphatic rings. The third-order valence-corrected chi connectivity index (χ3v) is 11.5. The van der Waals surface area contributed by atoms with Gasteiger partial charge in [0.25, 0.3) is 0 Å². The number of hydrogen-bond donors (Lipinski definition) is 0. The van der Waals surface area contributed by atoms with Gasteiger partial charge in [0.1, 0.15) is 11.6 Å². The van der Waals surface area contributed by atoms with E-state index in [2.05, 4.69) is 19.6 Å². The summed E-state index contributed by atoms with van der Waals surface area (Å²) >= 11 is 0. The fraction of sp³-hybridized carbons (Fsp3) is 0.867. The van der Waals surface area contributed by atoms with E-state index in [1.54, 1.807) is 0 Å². The number of nitro groups is 1. The summed E-state index contributed by atoms with van der Waals surface area (Å²) in [5, 5.41) is 11.8. The van der Waals surface area contributed by atoms with Gasteiger partial charge in [-0.3, -0.25) is 19.7 Å². The van der Waals surface area contributed by atoms with E-state index < -0.39 is 24.6 Å². The van der Waals surface area contributed by atoms with Crippen molar-refractivity contribution in [1.29, 1.82) is 0 Å². The van der Waals surface area contributed by atoms with E-state index in [4.69, 9.17) is 0 Å². The number of ketones is 2. The molecule has 8 atom stereocenters. The molecule has 0 aromatic carbocycles. The van der Waals surface area contributed by atoms with Gasteiger partial charge in [-0.1, -0.05) is 19.6 Å². The fourth-order valence-corrected chi connectivity index (χ4v) is 12.4. The van der Waals surface area contributed by atoms with Crippen LogP contribution < -0.4 is 0 Å². The van der Waals surface area contributed by atoms with Crippen LogP contribution in [0.1, 0.15) is 12.8 Å². The van der Waals surface area contributed by atoms with Gasteiger partial charge in [-0.25, -0.2) is 0 Å². The van der Waals surface area contributed by atoms with Gasteiger partial charge in [0.2, 0.25) is 5.54 Å². The van der Waals surface area contributed by atoms with Gasteiger partial charge in [0, 0.05) is 33.6 Å². The maximum absolute atomic E-state index is 12.9. The monoisotopic (exact) mass is 305 g/mol. The molecule has 0 saturated heterocycles. The molecule has 112 valence electrons. The van der Waals surface area contributed by atoms with Crippen molar-refractivity contribution in [3.63, 3.8) is 0 Å². The molecular weight excluding hydrogens is 286 g/mol. The molecule has 0 radical (unpaired) electrons. The fourth-order valence-electron chi connectivity index (χ4n) is 8.13. The Morgan fingerprint density at radius 2 is 1.62 bits per heavy atom. The molecule has 6 heteroatoms. The van der Waals surface area contributed by atoms with Crippen molar-refractivity contribution >= 4 is 19.6 Å². The summed E-state index contributed by atoms with van der Waals surface area (Å²) in [6, 6.07) is 0. The number of nitrogens with zero attached hydrogens (tertiary/aromatic N) is 1. The lowest BCUT2D eigenvalue weighted by Gasteiger charge is -2.62.